The standard InChI is InChI=1S/C40H44N10O5/c1-4-17-49-39(55)30-21-41-40(45-36(30)50(49)33-15-8-25-7-14-32(51)35(25)43-33)42-27-9-5-24(6-10-27)22-46(2)18-19-47(3)28-11-12-29-26(20-28)23-48(38(29)54)31-13-16-34(52)44-37(31)53/h4-6,8-10,15,20-21,31-32,51H,1,7,11-14,16-19,22-23H2,2-3H3,(H,41,42,45)(H,44,52,53). The number of piperidine rings is 1. The maximum atomic E-state index is 13.4. The number of amides is 3. The summed E-state index contributed by atoms with van der Waals surface area (Å²) < 4.78 is 3.19. The molecule has 2 unspecified atom stereocenters. The highest BCUT2D eigenvalue weighted by Gasteiger charge is 2.40. The fraction of sp³-hybridized carbons (Fsp3) is 0.375. The van der Waals surface area contributed by atoms with Crippen molar-refractivity contribution in [2.75, 3.05) is 39.0 Å². The molecule has 0 bridgehead atoms. The maximum Gasteiger partial charge on any atom is 0.278 e. The van der Waals surface area contributed by atoms with Gasteiger partial charge in [-0.25, -0.2) is 19.3 Å². The Hall–Kier alpha value is -5.93. The average molecular weight is 745 g/mol. The highest BCUT2D eigenvalue weighted by atomic mass is 16.3. The second-order valence-corrected chi connectivity index (χ2v) is 14.7. The lowest BCUT2D eigenvalue weighted by Crippen LogP contribution is -2.53. The number of aliphatic hydroxyl groups is 1. The first-order chi connectivity index (χ1) is 26.6. The number of fused-ring (bicyclic) bond motifs is 2. The van der Waals surface area contributed by atoms with E-state index in [-0.39, 0.29) is 36.2 Å². The van der Waals surface area contributed by atoms with Crippen LogP contribution in [0, 0.1) is 0 Å². The SMILES string of the molecule is C=CCn1c(=O)c2cnc(Nc3ccc(CN(C)CCN(C)C4=CC5=C(CC4)C(=O)N(C4CCC(=O)NC4=O)C5)cc3)nc2n1-c1ccc2c(n1)C(O)CC2. The number of hydrogen-bond donors (Lipinski definition) is 3. The van der Waals surface area contributed by atoms with Gasteiger partial charge in [-0.15, -0.1) is 6.58 Å². The quantitative estimate of drug-likeness (QED) is 0.144. The molecule has 3 N–H and O–H groups in total. The van der Waals surface area contributed by atoms with Crippen LogP contribution in [0.25, 0.3) is 16.9 Å². The minimum absolute atomic E-state index is 0.0906. The smallest absolute Gasteiger partial charge is 0.278 e. The van der Waals surface area contributed by atoms with Crippen molar-refractivity contribution in [3.8, 4) is 5.82 Å². The van der Waals surface area contributed by atoms with Crippen molar-refractivity contribution in [1.29, 1.82) is 0 Å². The van der Waals surface area contributed by atoms with E-state index in [1.807, 2.05) is 24.3 Å². The number of carbonyl (C=O) groups excluding carboxylic acids is 3. The monoisotopic (exact) mass is 744 g/mol. The van der Waals surface area contributed by atoms with Crippen LogP contribution in [0.3, 0.4) is 0 Å². The number of allylic oxidation sites excluding steroid dienone is 2. The molecular weight excluding hydrogens is 701 g/mol. The highest BCUT2D eigenvalue weighted by Crippen LogP contribution is 2.34. The number of anilines is 2. The van der Waals surface area contributed by atoms with Crippen LogP contribution >= 0.6 is 0 Å². The van der Waals surface area contributed by atoms with Crippen molar-refractivity contribution in [2.45, 2.75) is 63.8 Å². The van der Waals surface area contributed by atoms with Gasteiger partial charge in [-0.2, -0.15) is 4.98 Å². The van der Waals surface area contributed by atoms with Crippen LogP contribution in [0.5, 0.6) is 0 Å². The number of aromatic nitrogens is 5. The molecule has 4 aliphatic rings. The van der Waals surface area contributed by atoms with Gasteiger partial charge in [-0.05, 0) is 80.1 Å². The predicted molar refractivity (Wildman–Crippen MR) is 205 cm³/mol. The molecule has 15 heteroatoms. The van der Waals surface area contributed by atoms with Gasteiger partial charge >= 0.3 is 0 Å². The fourth-order valence-corrected chi connectivity index (χ4v) is 7.95. The van der Waals surface area contributed by atoms with Gasteiger partial charge < -0.3 is 25.1 Å². The average Bonchev–Trinajstić information content (AvgIpc) is 3.80. The van der Waals surface area contributed by atoms with Crippen LogP contribution in [0.4, 0.5) is 11.6 Å². The highest BCUT2D eigenvalue weighted by molar-refractivity contribution is 6.05. The van der Waals surface area contributed by atoms with Gasteiger partial charge in [0, 0.05) is 62.8 Å². The van der Waals surface area contributed by atoms with Gasteiger partial charge in [0.2, 0.25) is 17.8 Å². The van der Waals surface area contributed by atoms with E-state index in [4.69, 9.17) is 9.97 Å². The lowest BCUT2D eigenvalue weighted by Gasteiger charge is -2.29. The fourth-order valence-electron chi connectivity index (χ4n) is 7.95. The summed E-state index contributed by atoms with van der Waals surface area (Å²) in [7, 11) is 4.15. The number of nitrogens with one attached hydrogen (secondary N) is 2. The molecule has 0 saturated carbocycles. The number of benzene rings is 1. The van der Waals surface area contributed by atoms with Crippen LogP contribution in [-0.4, -0.2) is 102 Å². The Kier molecular flexibility index (Phi) is 9.65. The van der Waals surface area contributed by atoms with Gasteiger partial charge in [0.15, 0.2) is 11.5 Å². The Morgan fingerprint density at radius 3 is 2.60 bits per heavy atom. The largest absolute Gasteiger partial charge is 0.387 e. The molecule has 5 heterocycles. The minimum atomic E-state index is -0.637. The molecule has 2 atom stereocenters. The number of imide groups is 1. The second kappa shape index (κ2) is 14.7. The summed E-state index contributed by atoms with van der Waals surface area (Å²) in [5.41, 5.74) is 6.62. The number of likely N-dealkylation sites (N-methyl/N-ethyl adjacent to an activating group) is 2. The van der Waals surface area contributed by atoms with Crippen molar-refractivity contribution in [3.63, 3.8) is 0 Å². The summed E-state index contributed by atoms with van der Waals surface area (Å²) in [6, 6.07) is 11.3. The number of aliphatic hydroxyl groups excluding tert-OH is 1. The first-order valence-electron chi connectivity index (χ1n) is 18.7. The third kappa shape index (κ3) is 6.96. The van der Waals surface area contributed by atoms with E-state index >= 15 is 0 Å². The van der Waals surface area contributed by atoms with E-state index in [1.54, 1.807) is 15.7 Å². The number of nitrogens with zero attached hydrogens (tertiary/aromatic N) is 8. The van der Waals surface area contributed by atoms with Crippen molar-refractivity contribution in [1.82, 2.24) is 44.3 Å². The van der Waals surface area contributed by atoms with Gasteiger partial charge in [0.25, 0.3) is 11.5 Å². The van der Waals surface area contributed by atoms with Crippen LogP contribution < -0.4 is 16.2 Å². The lowest BCUT2D eigenvalue weighted by atomic mass is 9.97. The molecule has 4 aromatic rings. The summed E-state index contributed by atoms with van der Waals surface area (Å²) in [5, 5.41) is 16.5. The lowest BCUT2D eigenvalue weighted by molar-refractivity contribution is -0.142. The van der Waals surface area contributed by atoms with Crippen LogP contribution in [0.1, 0.15) is 55.0 Å². The molecule has 15 nitrogen and oxygen atoms in total. The van der Waals surface area contributed by atoms with E-state index in [1.165, 1.54) is 10.9 Å². The van der Waals surface area contributed by atoms with E-state index in [0.29, 0.717) is 54.3 Å². The number of rotatable bonds is 12. The summed E-state index contributed by atoms with van der Waals surface area (Å²) in [4.78, 5) is 70.6. The normalized spacial score (nSPS) is 19.5. The Morgan fingerprint density at radius 1 is 1.00 bits per heavy atom. The molecule has 3 amide bonds. The molecule has 1 saturated heterocycles. The molecule has 284 valence electrons. The Balaban J connectivity index is 0.889. The first-order valence-corrected chi connectivity index (χ1v) is 18.7. The summed E-state index contributed by atoms with van der Waals surface area (Å²) in [6.45, 7) is 6.83. The molecule has 0 spiro atoms. The van der Waals surface area contributed by atoms with Crippen LogP contribution in [0.2, 0.25) is 0 Å². The van der Waals surface area contributed by atoms with Crippen LogP contribution in [0.15, 0.2) is 83.0 Å². The molecule has 3 aromatic heterocycles. The zero-order chi connectivity index (χ0) is 38.4. The number of carbonyl (C=O) groups is 3. The molecule has 2 aliphatic heterocycles. The zero-order valence-electron chi connectivity index (χ0n) is 31.0. The van der Waals surface area contributed by atoms with E-state index in [0.717, 1.165) is 66.1 Å². The van der Waals surface area contributed by atoms with Crippen LogP contribution in [-0.2, 0) is 33.9 Å². The van der Waals surface area contributed by atoms with Gasteiger partial charge in [-0.3, -0.25) is 24.5 Å². The number of aryl methyl sites for hydroxylation is 1. The molecule has 8 rings (SSSR count). The van der Waals surface area contributed by atoms with Gasteiger partial charge in [0.05, 0.1) is 18.3 Å². The van der Waals surface area contributed by atoms with E-state index in [2.05, 4.69) is 64.3 Å². The molecule has 0 radical (unpaired) electrons. The first kappa shape index (κ1) is 36.1. The Labute approximate surface area is 317 Å². The number of pyridine rings is 1. The summed E-state index contributed by atoms with van der Waals surface area (Å²) in [6.07, 6.45) is 8.02. The van der Waals surface area contributed by atoms with Gasteiger partial charge in [0.1, 0.15) is 11.4 Å². The van der Waals surface area contributed by atoms with Gasteiger partial charge in [-0.1, -0.05) is 24.3 Å². The molecule has 2 aliphatic carbocycles. The third-order valence-electron chi connectivity index (χ3n) is 11.0. The molecule has 55 heavy (non-hydrogen) atoms. The maximum absolute atomic E-state index is 13.4. The second-order valence-electron chi connectivity index (χ2n) is 14.7. The predicted octanol–water partition coefficient (Wildman–Crippen LogP) is 2.87. The molecule has 1 fully saturated rings. The van der Waals surface area contributed by atoms with Crippen molar-refractivity contribution < 1.29 is 19.5 Å². The Morgan fingerprint density at radius 2 is 1.82 bits per heavy atom. The van der Waals surface area contributed by atoms with Crippen molar-refractivity contribution in [2.24, 2.45) is 0 Å². The minimum Gasteiger partial charge on any atom is -0.387 e. The van der Waals surface area contributed by atoms with Crippen molar-refractivity contribution in [3.05, 3.63) is 105 Å². The molecule has 1 aromatic carbocycles. The zero-order valence-corrected chi connectivity index (χ0v) is 31.0. The summed E-state index contributed by atoms with van der Waals surface area (Å²) in [5.74, 6) is 0.0565. The van der Waals surface area contributed by atoms with E-state index < -0.39 is 12.1 Å². The van der Waals surface area contributed by atoms with E-state index in [9.17, 15) is 24.3 Å². The molecular formula is C40H44N10O5. The third-order valence-corrected chi connectivity index (χ3v) is 11.0. The van der Waals surface area contributed by atoms with Crippen molar-refractivity contribution >= 4 is 40.4 Å². The summed E-state index contributed by atoms with van der Waals surface area (Å²) >= 11 is 0. The topological polar surface area (TPSA) is 171 Å². The number of hydrogen-bond acceptors (Lipinski definition) is 11. The Bertz CT molecular complexity index is 2340.